The molecule has 0 spiro atoms. The summed E-state index contributed by atoms with van der Waals surface area (Å²) in [6, 6.07) is 6.37. The van der Waals surface area contributed by atoms with Crippen molar-refractivity contribution in [3.63, 3.8) is 0 Å². The van der Waals surface area contributed by atoms with Crippen molar-refractivity contribution in [2.75, 3.05) is 27.8 Å². The molecule has 0 N–H and O–H groups in total. The molecule has 2 unspecified atom stereocenters. The molecule has 1 aromatic carbocycles. The Bertz CT molecular complexity index is 557. The van der Waals surface area contributed by atoms with E-state index in [4.69, 9.17) is 9.47 Å². The van der Waals surface area contributed by atoms with E-state index in [1.165, 1.54) is 0 Å². The fourth-order valence-electron chi connectivity index (χ4n) is 4.03. The number of carbonyl (C=O) groups excluding carboxylic acids is 1. The lowest BCUT2D eigenvalue weighted by molar-refractivity contribution is -0.126. The van der Waals surface area contributed by atoms with Crippen LogP contribution in [0.4, 0.5) is 0 Å². The molecule has 1 aliphatic carbocycles. The molecule has 4 heteroatoms. The van der Waals surface area contributed by atoms with Crippen molar-refractivity contribution >= 4 is 5.78 Å². The Hall–Kier alpha value is -1.55. The third-order valence-corrected chi connectivity index (χ3v) is 5.17. The molecule has 0 amide bonds. The zero-order valence-electron chi connectivity index (χ0n) is 13.0. The first-order valence-corrected chi connectivity index (χ1v) is 7.53. The number of nitrogens with zero attached hydrogens (tertiary/aromatic N) is 1. The number of ketones is 1. The largest absolute Gasteiger partial charge is 0.493 e. The predicted molar refractivity (Wildman–Crippen MR) is 81.1 cm³/mol. The Morgan fingerprint density at radius 1 is 1.29 bits per heavy atom. The summed E-state index contributed by atoms with van der Waals surface area (Å²) < 4.78 is 11.0. The highest BCUT2D eigenvalue weighted by Crippen LogP contribution is 2.50. The molecule has 2 aliphatic rings. The normalized spacial score (nSPS) is 29.3. The number of hydrogen-bond donors (Lipinski definition) is 0. The van der Waals surface area contributed by atoms with E-state index in [0.717, 1.165) is 36.4 Å². The lowest BCUT2D eigenvalue weighted by atomic mass is 9.63. The van der Waals surface area contributed by atoms with Gasteiger partial charge in [-0.25, -0.2) is 0 Å². The molecule has 1 aromatic rings. The second kappa shape index (κ2) is 5.34. The van der Waals surface area contributed by atoms with Crippen LogP contribution >= 0.6 is 0 Å². The van der Waals surface area contributed by atoms with E-state index >= 15 is 0 Å². The van der Waals surface area contributed by atoms with Crippen LogP contribution in [0.25, 0.3) is 0 Å². The minimum Gasteiger partial charge on any atom is -0.493 e. The molecule has 0 radical (unpaired) electrons. The Balaban J connectivity index is 2.08. The van der Waals surface area contributed by atoms with Crippen molar-refractivity contribution in [3.05, 3.63) is 23.8 Å². The molecule has 4 nitrogen and oxygen atoms in total. The van der Waals surface area contributed by atoms with Gasteiger partial charge in [-0.2, -0.15) is 0 Å². The maximum Gasteiger partial charge on any atom is 0.164 e. The van der Waals surface area contributed by atoms with E-state index in [-0.39, 0.29) is 5.41 Å². The van der Waals surface area contributed by atoms with Gasteiger partial charge in [0, 0.05) is 29.9 Å². The van der Waals surface area contributed by atoms with Crippen molar-refractivity contribution in [2.45, 2.75) is 37.1 Å². The highest BCUT2D eigenvalue weighted by molar-refractivity contribution is 5.82. The van der Waals surface area contributed by atoms with Crippen molar-refractivity contribution in [2.24, 2.45) is 0 Å². The molecule has 1 saturated carbocycles. The average molecular weight is 289 g/mol. The summed E-state index contributed by atoms with van der Waals surface area (Å²) >= 11 is 0. The molecule has 1 saturated heterocycles. The Morgan fingerprint density at radius 2 is 2.10 bits per heavy atom. The smallest absolute Gasteiger partial charge is 0.164 e. The van der Waals surface area contributed by atoms with Gasteiger partial charge in [-0.3, -0.25) is 4.79 Å². The summed E-state index contributed by atoms with van der Waals surface area (Å²) in [6.07, 6.45) is 3.33. The van der Waals surface area contributed by atoms with E-state index in [2.05, 4.69) is 18.0 Å². The zero-order valence-corrected chi connectivity index (χ0v) is 13.0. The number of likely N-dealkylation sites (tertiary alicyclic amines) is 1. The average Bonchev–Trinajstić information content (AvgIpc) is 2.50. The first kappa shape index (κ1) is 14.4. The van der Waals surface area contributed by atoms with Gasteiger partial charge >= 0.3 is 0 Å². The monoisotopic (exact) mass is 289 g/mol. The Kier molecular flexibility index (Phi) is 3.66. The minimum atomic E-state index is -0.0909. The van der Waals surface area contributed by atoms with Gasteiger partial charge in [-0.15, -0.1) is 0 Å². The molecule has 114 valence electrons. The quantitative estimate of drug-likeness (QED) is 0.856. The standard InChI is InChI=1S/C17H23NO3/c1-18-8-7-17(10-12(18)9-13(19)11-17)14-5-4-6-15(20-2)16(14)21-3/h4-6,12H,7-11H2,1-3H3. The van der Waals surface area contributed by atoms with E-state index in [9.17, 15) is 4.79 Å². The van der Waals surface area contributed by atoms with E-state index < -0.39 is 0 Å². The fourth-order valence-corrected chi connectivity index (χ4v) is 4.03. The first-order chi connectivity index (χ1) is 10.1. The first-order valence-electron chi connectivity index (χ1n) is 7.53. The number of ether oxygens (including phenoxy) is 2. The molecule has 21 heavy (non-hydrogen) atoms. The molecular formula is C17H23NO3. The summed E-state index contributed by atoms with van der Waals surface area (Å²) in [7, 11) is 5.45. The number of para-hydroxylation sites is 1. The zero-order chi connectivity index (χ0) is 15.0. The third-order valence-electron chi connectivity index (χ3n) is 5.17. The van der Waals surface area contributed by atoms with Crippen molar-refractivity contribution in [3.8, 4) is 11.5 Å². The Labute approximate surface area is 126 Å². The molecule has 1 aliphatic heterocycles. The van der Waals surface area contributed by atoms with Crippen molar-refractivity contribution in [1.29, 1.82) is 0 Å². The van der Waals surface area contributed by atoms with Crippen LogP contribution in [0.1, 0.15) is 31.2 Å². The van der Waals surface area contributed by atoms with Gasteiger partial charge in [0.15, 0.2) is 11.5 Å². The second-order valence-corrected chi connectivity index (χ2v) is 6.33. The molecule has 1 heterocycles. The number of piperidine rings is 1. The molecule has 2 bridgehead atoms. The second-order valence-electron chi connectivity index (χ2n) is 6.33. The van der Waals surface area contributed by atoms with E-state index in [1.54, 1.807) is 14.2 Å². The number of hydrogen-bond acceptors (Lipinski definition) is 4. The van der Waals surface area contributed by atoms with Crippen LogP contribution in [0, 0.1) is 0 Å². The van der Waals surface area contributed by atoms with Crippen LogP contribution in [-0.2, 0) is 10.2 Å². The van der Waals surface area contributed by atoms with Crippen LogP contribution in [0.5, 0.6) is 11.5 Å². The lowest BCUT2D eigenvalue weighted by Crippen LogP contribution is -2.52. The highest BCUT2D eigenvalue weighted by atomic mass is 16.5. The maximum atomic E-state index is 12.3. The summed E-state index contributed by atoms with van der Waals surface area (Å²) in [6.45, 7) is 1.03. The van der Waals surface area contributed by atoms with Crippen LogP contribution in [0.2, 0.25) is 0 Å². The summed E-state index contributed by atoms with van der Waals surface area (Å²) in [5, 5.41) is 0. The van der Waals surface area contributed by atoms with Crippen LogP contribution in [0.3, 0.4) is 0 Å². The van der Waals surface area contributed by atoms with Gasteiger partial charge in [0.25, 0.3) is 0 Å². The van der Waals surface area contributed by atoms with Gasteiger partial charge < -0.3 is 14.4 Å². The number of benzene rings is 1. The maximum absolute atomic E-state index is 12.3. The van der Waals surface area contributed by atoms with Gasteiger partial charge in [-0.1, -0.05) is 12.1 Å². The van der Waals surface area contributed by atoms with Crippen molar-refractivity contribution < 1.29 is 14.3 Å². The predicted octanol–water partition coefficient (Wildman–Crippen LogP) is 2.40. The van der Waals surface area contributed by atoms with E-state index in [0.29, 0.717) is 24.7 Å². The molecular weight excluding hydrogens is 266 g/mol. The topological polar surface area (TPSA) is 38.8 Å². The summed E-state index contributed by atoms with van der Waals surface area (Å²) in [5.74, 6) is 1.90. The SMILES string of the molecule is COc1cccc(C23CCN(C)C(CC(=O)C2)C3)c1OC. The Morgan fingerprint density at radius 3 is 2.81 bits per heavy atom. The van der Waals surface area contributed by atoms with Crippen LogP contribution in [0.15, 0.2) is 18.2 Å². The van der Waals surface area contributed by atoms with Crippen molar-refractivity contribution in [1.82, 2.24) is 4.90 Å². The lowest BCUT2D eigenvalue weighted by Gasteiger charge is -2.49. The van der Waals surface area contributed by atoms with Crippen LogP contribution < -0.4 is 9.47 Å². The molecule has 2 fully saturated rings. The number of rotatable bonds is 3. The number of fused-ring (bicyclic) bond motifs is 2. The summed E-state index contributed by atoms with van der Waals surface area (Å²) in [5.41, 5.74) is 1.04. The molecule has 3 rings (SSSR count). The fraction of sp³-hybridized carbons (Fsp3) is 0.588. The van der Waals surface area contributed by atoms with Gasteiger partial charge in [0.1, 0.15) is 5.78 Å². The van der Waals surface area contributed by atoms with Crippen LogP contribution in [-0.4, -0.2) is 44.5 Å². The van der Waals surface area contributed by atoms with E-state index in [1.807, 2.05) is 12.1 Å². The number of Topliss-reactive ketones (excluding diaryl/α,β-unsaturated/α-hetero) is 1. The number of carbonyl (C=O) groups is 1. The molecule has 2 atom stereocenters. The highest BCUT2D eigenvalue weighted by Gasteiger charge is 2.47. The molecule has 0 aromatic heterocycles. The van der Waals surface area contributed by atoms with Gasteiger partial charge in [0.2, 0.25) is 0 Å². The third kappa shape index (κ3) is 2.31. The number of methoxy groups -OCH3 is 2. The summed E-state index contributed by atoms with van der Waals surface area (Å²) in [4.78, 5) is 14.6. The van der Waals surface area contributed by atoms with Gasteiger partial charge in [-0.05, 0) is 32.5 Å². The van der Waals surface area contributed by atoms with Gasteiger partial charge in [0.05, 0.1) is 14.2 Å². The minimum absolute atomic E-state index is 0.0909.